The second-order valence-corrected chi connectivity index (χ2v) is 9.22. The normalized spacial score (nSPS) is 15.3. The maximum Gasteiger partial charge on any atom is 0.287 e. The van der Waals surface area contributed by atoms with Gasteiger partial charge < -0.3 is 14.5 Å². The van der Waals surface area contributed by atoms with Gasteiger partial charge in [-0.25, -0.2) is 4.98 Å². The summed E-state index contributed by atoms with van der Waals surface area (Å²) in [5, 5.41) is 6.17. The van der Waals surface area contributed by atoms with Gasteiger partial charge in [0.15, 0.2) is 5.76 Å². The number of carbonyl (C=O) groups excluding carboxylic acids is 1. The number of ether oxygens (including phenoxy) is 1. The maximum absolute atomic E-state index is 12.3. The van der Waals surface area contributed by atoms with E-state index in [1.165, 1.54) is 0 Å². The largest absolute Gasteiger partial charge is 0.496 e. The number of methoxy groups -OCH3 is 1. The van der Waals surface area contributed by atoms with Crippen LogP contribution in [0.4, 0.5) is 0 Å². The van der Waals surface area contributed by atoms with Crippen LogP contribution in [0.1, 0.15) is 34.7 Å². The fourth-order valence-corrected chi connectivity index (χ4v) is 4.86. The molecule has 0 radical (unpaired) electrons. The molecule has 0 saturated carbocycles. The molecule has 30 heavy (non-hydrogen) atoms. The van der Waals surface area contributed by atoms with Crippen molar-refractivity contribution in [1.29, 1.82) is 0 Å². The number of carbonyl (C=O) groups is 1. The van der Waals surface area contributed by atoms with Gasteiger partial charge in [0.2, 0.25) is 0 Å². The number of thiazole rings is 1. The van der Waals surface area contributed by atoms with E-state index in [0.29, 0.717) is 5.76 Å². The van der Waals surface area contributed by atoms with Gasteiger partial charge in [-0.3, -0.25) is 9.69 Å². The highest BCUT2D eigenvalue weighted by Gasteiger charge is 2.23. The minimum absolute atomic E-state index is 0.122. The Morgan fingerprint density at radius 2 is 2.17 bits per heavy atom. The number of halogens is 1. The SMILES string of the molecule is COc1ccc(Br)cc1-c1nc(CN2CCC(NC(=O)c3occc3C)CC2)cs1. The lowest BCUT2D eigenvalue weighted by atomic mass is 10.0. The van der Waals surface area contributed by atoms with Crippen LogP contribution in [0.15, 0.2) is 44.8 Å². The lowest BCUT2D eigenvalue weighted by molar-refractivity contribution is 0.0880. The van der Waals surface area contributed by atoms with Gasteiger partial charge in [-0.15, -0.1) is 11.3 Å². The van der Waals surface area contributed by atoms with Crippen LogP contribution in [-0.4, -0.2) is 42.0 Å². The monoisotopic (exact) mass is 489 g/mol. The summed E-state index contributed by atoms with van der Waals surface area (Å²) in [6.45, 7) is 4.54. The van der Waals surface area contributed by atoms with E-state index in [4.69, 9.17) is 14.1 Å². The lowest BCUT2D eigenvalue weighted by Crippen LogP contribution is -2.44. The molecule has 4 rings (SSSR count). The van der Waals surface area contributed by atoms with Crippen LogP contribution in [-0.2, 0) is 6.54 Å². The van der Waals surface area contributed by atoms with Gasteiger partial charge in [0, 0.05) is 41.1 Å². The molecule has 3 aromatic rings. The van der Waals surface area contributed by atoms with Crippen LogP contribution in [0.2, 0.25) is 0 Å². The molecule has 2 aromatic heterocycles. The molecule has 1 saturated heterocycles. The second-order valence-electron chi connectivity index (χ2n) is 7.45. The fraction of sp³-hybridized carbons (Fsp3) is 0.364. The lowest BCUT2D eigenvalue weighted by Gasteiger charge is -2.31. The van der Waals surface area contributed by atoms with E-state index in [2.05, 4.69) is 31.5 Å². The highest BCUT2D eigenvalue weighted by atomic mass is 79.9. The Balaban J connectivity index is 1.32. The highest BCUT2D eigenvalue weighted by Crippen LogP contribution is 2.34. The molecule has 8 heteroatoms. The van der Waals surface area contributed by atoms with E-state index in [-0.39, 0.29) is 11.9 Å². The van der Waals surface area contributed by atoms with Crippen LogP contribution in [0.5, 0.6) is 5.75 Å². The van der Waals surface area contributed by atoms with E-state index in [9.17, 15) is 4.79 Å². The first-order valence-electron chi connectivity index (χ1n) is 9.89. The zero-order valence-corrected chi connectivity index (χ0v) is 19.4. The Kier molecular flexibility index (Phi) is 6.55. The van der Waals surface area contributed by atoms with Crippen LogP contribution < -0.4 is 10.1 Å². The average molecular weight is 490 g/mol. The fourth-order valence-electron chi connectivity index (χ4n) is 3.67. The quantitative estimate of drug-likeness (QED) is 0.534. The molecule has 1 N–H and O–H groups in total. The van der Waals surface area contributed by atoms with Crippen LogP contribution in [0.25, 0.3) is 10.6 Å². The standard InChI is InChI=1S/C22H24BrN3O3S/c1-14-7-10-29-20(14)21(27)24-16-5-8-26(9-6-16)12-17-13-30-22(25-17)18-11-15(23)3-4-19(18)28-2/h3-4,7,10-11,13,16H,5-6,8-9,12H2,1-2H3,(H,24,27). The van der Waals surface area contributed by atoms with E-state index < -0.39 is 0 Å². The van der Waals surface area contributed by atoms with Crippen LogP contribution in [0.3, 0.4) is 0 Å². The Hall–Kier alpha value is -2.16. The van der Waals surface area contributed by atoms with Crippen molar-refractivity contribution in [3.05, 3.63) is 57.4 Å². The predicted octanol–water partition coefficient (Wildman–Crippen LogP) is 4.88. The first-order valence-corrected chi connectivity index (χ1v) is 11.6. The van der Waals surface area contributed by atoms with E-state index in [1.807, 2.05) is 31.2 Å². The van der Waals surface area contributed by atoms with Crippen molar-refractivity contribution in [3.63, 3.8) is 0 Å². The number of piperidine rings is 1. The van der Waals surface area contributed by atoms with E-state index in [0.717, 1.165) is 64.5 Å². The number of furan rings is 1. The number of benzene rings is 1. The maximum atomic E-state index is 12.3. The number of nitrogens with zero attached hydrogens (tertiary/aromatic N) is 2. The smallest absolute Gasteiger partial charge is 0.287 e. The number of likely N-dealkylation sites (tertiary alicyclic amines) is 1. The Bertz CT molecular complexity index is 1020. The molecule has 3 heterocycles. The number of hydrogen-bond acceptors (Lipinski definition) is 6. The number of aromatic nitrogens is 1. The third-order valence-corrected chi connectivity index (χ3v) is 6.74. The van der Waals surface area contributed by atoms with Gasteiger partial charge in [-0.2, -0.15) is 0 Å². The number of hydrogen-bond donors (Lipinski definition) is 1. The molecule has 0 spiro atoms. The Morgan fingerprint density at radius 3 is 2.87 bits per heavy atom. The molecule has 1 amide bonds. The van der Waals surface area contributed by atoms with Crippen LogP contribution in [0, 0.1) is 6.92 Å². The summed E-state index contributed by atoms with van der Waals surface area (Å²) in [6, 6.07) is 7.94. The third kappa shape index (κ3) is 4.77. The summed E-state index contributed by atoms with van der Waals surface area (Å²) in [5.74, 6) is 1.11. The summed E-state index contributed by atoms with van der Waals surface area (Å²) >= 11 is 5.16. The van der Waals surface area contributed by atoms with Gasteiger partial charge in [0.05, 0.1) is 24.6 Å². The van der Waals surface area contributed by atoms with Gasteiger partial charge in [-0.05, 0) is 44.0 Å². The topological polar surface area (TPSA) is 67.6 Å². The number of aryl methyl sites for hydroxylation is 1. The van der Waals surface area contributed by atoms with Crippen molar-refractivity contribution in [3.8, 4) is 16.3 Å². The molecule has 1 aromatic carbocycles. The molecule has 0 unspecified atom stereocenters. The van der Waals surface area contributed by atoms with Crippen molar-refractivity contribution in [1.82, 2.24) is 15.2 Å². The molecule has 0 aliphatic carbocycles. The summed E-state index contributed by atoms with van der Waals surface area (Å²) in [4.78, 5) is 19.6. The summed E-state index contributed by atoms with van der Waals surface area (Å²) in [5.41, 5.74) is 2.93. The molecular formula is C22H24BrN3O3S. The minimum Gasteiger partial charge on any atom is -0.496 e. The third-order valence-electron chi connectivity index (χ3n) is 5.32. The molecule has 0 bridgehead atoms. The van der Waals surface area contributed by atoms with Crippen LogP contribution >= 0.6 is 27.3 Å². The van der Waals surface area contributed by atoms with Crippen molar-refractivity contribution < 1.29 is 13.9 Å². The molecule has 1 fully saturated rings. The minimum atomic E-state index is -0.122. The summed E-state index contributed by atoms with van der Waals surface area (Å²) in [6.07, 6.45) is 3.39. The van der Waals surface area contributed by atoms with Crippen molar-refractivity contribution >= 4 is 33.2 Å². The molecular weight excluding hydrogens is 466 g/mol. The zero-order chi connectivity index (χ0) is 21.1. The zero-order valence-electron chi connectivity index (χ0n) is 17.0. The Labute approximate surface area is 188 Å². The van der Waals surface area contributed by atoms with Gasteiger partial charge >= 0.3 is 0 Å². The Morgan fingerprint density at radius 1 is 1.37 bits per heavy atom. The molecule has 0 atom stereocenters. The molecule has 6 nitrogen and oxygen atoms in total. The van der Waals surface area contributed by atoms with Gasteiger partial charge in [0.1, 0.15) is 10.8 Å². The predicted molar refractivity (Wildman–Crippen MR) is 121 cm³/mol. The summed E-state index contributed by atoms with van der Waals surface area (Å²) in [7, 11) is 1.68. The van der Waals surface area contributed by atoms with E-state index >= 15 is 0 Å². The number of amides is 1. The van der Waals surface area contributed by atoms with Gasteiger partial charge in [0.25, 0.3) is 5.91 Å². The number of nitrogens with one attached hydrogen (secondary N) is 1. The van der Waals surface area contributed by atoms with Gasteiger partial charge in [-0.1, -0.05) is 15.9 Å². The highest BCUT2D eigenvalue weighted by molar-refractivity contribution is 9.10. The van der Waals surface area contributed by atoms with E-state index in [1.54, 1.807) is 24.7 Å². The average Bonchev–Trinajstić information content (AvgIpc) is 3.38. The molecule has 158 valence electrons. The summed E-state index contributed by atoms with van der Waals surface area (Å²) < 4.78 is 11.8. The van der Waals surface area contributed by atoms with Crippen molar-refractivity contribution in [2.75, 3.05) is 20.2 Å². The first-order chi connectivity index (χ1) is 14.5. The second kappa shape index (κ2) is 9.32. The first kappa shape index (κ1) is 21.1. The van der Waals surface area contributed by atoms with Crippen molar-refractivity contribution in [2.24, 2.45) is 0 Å². The van der Waals surface area contributed by atoms with Crippen molar-refractivity contribution in [2.45, 2.75) is 32.4 Å². The number of rotatable bonds is 6. The molecule has 1 aliphatic rings. The molecule has 1 aliphatic heterocycles.